The molecule has 0 atom stereocenters. The highest BCUT2D eigenvalue weighted by atomic mass is 79.9. The standard InChI is InChI=1S/C18H19Br2N3O5/c1-9(2)28-14-6-10(22-18(26)13-7-12(19)16(20)23-13)4-5-11(14)17(25)21-8-15(24)27-3/h4-7,9,23H,8H2,1-3H3,(H,21,25)(H,22,26). The molecule has 0 spiro atoms. The molecule has 0 bridgehead atoms. The Kier molecular flexibility index (Phi) is 7.64. The van der Waals surface area contributed by atoms with E-state index in [2.05, 4.69) is 52.2 Å². The third kappa shape index (κ3) is 5.83. The molecule has 2 amide bonds. The van der Waals surface area contributed by atoms with Crippen molar-refractivity contribution < 1.29 is 23.9 Å². The molecular formula is C18H19Br2N3O5. The molecule has 2 aromatic rings. The zero-order chi connectivity index (χ0) is 20.8. The molecule has 0 aliphatic rings. The second-order valence-corrected chi connectivity index (χ2v) is 7.58. The van der Waals surface area contributed by atoms with E-state index in [1.54, 1.807) is 18.2 Å². The van der Waals surface area contributed by atoms with E-state index in [1.807, 2.05) is 13.8 Å². The molecule has 1 heterocycles. The van der Waals surface area contributed by atoms with Crippen LogP contribution in [0.3, 0.4) is 0 Å². The van der Waals surface area contributed by atoms with Gasteiger partial charge in [-0.25, -0.2) is 0 Å². The normalized spacial score (nSPS) is 10.5. The zero-order valence-electron chi connectivity index (χ0n) is 15.4. The van der Waals surface area contributed by atoms with E-state index >= 15 is 0 Å². The van der Waals surface area contributed by atoms with Gasteiger partial charge in [-0.3, -0.25) is 14.4 Å². The van der Waals surface area contributed by atoms with Crippen molar-refractivity contribution in [1.82, 2.24) is 10.3 Å². The SMILES string of the molecule is COC(=O)CNC(=O)c1ccc(NC(=O)c2cc(Br)c(Br)[nH]2)cc1OC(C)C. The largest absolute Gasteiger partial charge is 0.490 e. The Morgan fingerprint density at radius 2 is 1.86 bits per heavy atom. The number of methoxy groups -OCH3 is 1. The molecule has 0 aliphatic carbocycles. The van der Waals surface area contributed by atoms with Crippen molar-refractivity contribution in [2.45, 2.75) is 20.0 Å². The van der Waals surface area contributed by atoms with Crippen LogP contribution in [0.25, 0.3) is 0 Å². The number of hydrogen-bond donors (Lipinski definition) is 3. The van der Waals surface area contributed by atoms with Crippen LogP contribution in [0.15, 0.2) is 33.3 Å². The van der Waals surface area contributed by atoms with E-state index in [0.29, 0.717) is 16.0 Å². The number of anilines is 1. The number of carbonyl (C=O) groups is 3. The molecule has 1 aromatic carbocycles. The highest BCUT2D eigenvalue weighted by molar-refractivity contribution is 9.13. The number of H-pyrrole nitrogens is 1. The molecule has 2 rings (SSSR count). The predicted octanol–water partition coefficient (Wildman–Crippen LogP) is 3.48. The van der Waals surface area contributed by atoms with Crippen molar-refractivity contribution in [3.63, 3.8) is 0 Å². The lowest BCUT2D eigenvalue weighted by Gasteiger charge is -2.16. The fraction of sp³-hybridized carbons (Fsp3) is 0.278. The molecule has 0 saturated carbocycles. The summed E-state index contributed by atoms with van der Waals surface area (Å²) in [5.41, 5.74) is 1.04. The van der Waals surface area contributed by atoms with Crippen LogP contribution in [0, 0.1) is 0 Å². The minimum absolute atomic E-state index is 0.201. The van der Waals surface area contributed by atoms with Crippen LogP contribution in [0.5, 0.6) is 5.75 Å². The molecule has 150 valence electrons. The second-order valence-electron chi connectivity index (χ2n) is 5.94. The summed E-state index contributed by atoms with van der Waals surface area (Å²) in [4.78, 5) is 38.9. The maximum atomic E-state index is 12.4. The second kappa shape index (κ2) is 9.74. The van der Waals surface area contributed by atoms with E-state index in [4.69, 9.17) is 4.74 Å². The molecule has 3 N–H and O–H groups in total. The van der Waals surface area contributed by atoms with Crippen molar-refractivity contribution in [2.75, 3.05) is 19.0 Å². The maximum absolute atomic E-state index is 12.4. The Morgan fingerprint density at radius 3 is 2.43 bits per heavy atom. The van der Waals surface area contributed by atoms with E-state index in [1.165, 1.54) is 13.2 Å². The highest BCUT2D eigenvalue weighted by Crippen LogP contribution is 2.26. The van der Waals surface area contributed by atoms with Crippen molar-refractivity contribution in [3.05, 3.63) is 44.6 Å². The molecule has 28 heavy (non-hydrogen) atoms. The van der Waals surface area contributed by atoms with Crippen LogP contribution in [0.2, 0.25) is 0 Å². The smallest absolute Gasteiger partial charge is 0.325 e. The van der Waals surface area contributed by atoms with Gasteiger partial charge in [0.05, 0.1) is 27.9 Å². The summed E-state index contributed by atoms with van der Waals surface area (Å²) in [6, 6.07) is 6.28. The Labute approximate surface area is 178 Å². The lowest BCUT2D eigenvalue weighted by Crippen LogP contribution is -2.30. The number of carbonyl (C=O) groups excluding carboxylic acids is 3. The third-order valence-electron chi connectivity index (χ3n) is 3.44. The van der Waals surface area contributed by atoms with Gasteiger partial charge >= 0.3 is 5.97 Å². The number of aromatic amines is 1. The van der Waals surface area contributed by atoms with Crippen LogP contribution in [0.1, 0.15) is 34.7 Å². The van der Waals surface area contributed by atoms with Gasteiger partial charge in [0.1, 0.15) is 18.0 Å². The number of halogens is 2. The topological polar surface area (TPSA) is 110 Å². The van der Waals surface area contributed by atoms with Crippen LogP contribution < -0.4 is 15.4 Å². The first kappa shape index (κ1) is 22.0. The van der Waals surface area contributed by atoms with Gasteiger partial charge in [-0.1, -0.05) is 0 Å². The monoisotopic (exact) mass is 515 g/mol. The number of esters is 1. The Balaban J connectivity index is 2.21. The predicted molar refractivity (Wildman–Crippen MR) is 111 cm³/mol. The number of amides is 2. The quantitative estimate of drug-likeness (QED) is 0.488. The number of benzene rings is 1. The molecule has 0 fully saturated rings. The Morgan fingerprint density at radius 1 is 1.14 bits per heavy atom. The fourth-order valence-corrected chi connectivity index (χ4v) is 2.84. The van der Waals surface area contributed by atoms with Gasteiger partial charge in [-0.15, -0.1) is 0 Å². The third-order valence-corrected chi connectivity index (χ3v) is 5.22. The van der Waals surface area contributed by atoms with Gasteiger partial charge in [0.15, 0.2) is 0 Å². The van der Waals surface area contributed by atoms with Crippen LogP contribution >= 0.6 is 31.9 Å². The lowest BCUT2D eigenvalue weighted by molar-refractivity contribution is -0.139. The fourth-order valence-electron chi connectivity index (χ4n) is 2.18. The summed E-state index contributed by atoms with van der Waals surface area (Å²) in [5, 5.41) is 5.20. The van der Waals surface area contributed by atoms with Gasteiger partial charge in [0.25, 0.3) is 11.8 Å². The number of hydrogen-bond acceptors (Lipinski definition) is 5. The Bertz CT molecular complexity index is 876. The number of aromatic nitrogens is 1. The minimum atomic E-state index is -0.563. The van der Waals surface area contributed by atoms with E-state index < -0.39 is 11.9 Å². The highest BCUT2D eigenvalue weighted by Gasteiger charge is 2.17. The molecule has 0 aliphatic heterocycles. The van der Waals surface area contributed by atoms with Crippen LogP contribution in [-0.4, -0.2) is 42.5 Å². The average molecular weight is 517 g/mol. The number of rotatable bonds is 7. The van der Waals surface area contributed by atoms with E-state index in [-0.39, 0.29) is 29.9 Å². The number of nitrogens with one attached hydrogen (secondary N) is 3. The molecule has 8 nitrogen and oxygen atoms in total. The van der Waals surface area contributed by atoms with Crippen molar-refractivity contribution in [2.24, 2.45) is 0 Å². The van der Waals surface area contributed by atoms with Crippen molar-refractivity contribution in [1.29, 1.82) is 0 Å². The van der Waals surface area contributed by atoms with Gasteiger partial charge in [-0.2, -0.15) is 0 Å². The number of ether oxygens (including phenoxy) is 2. The van der Waals surface area contributed by atoms with E-state index in [9.17, 15) is 14.4 Å². The molecule has 1 aromatic heterocycles. The van der Waals surface area contributed by atoms with Crippen molar-refractivity contribution in [3.8, 4) is 5.75 Å². The van der Waals surface area contributed by atoms with Gasteiger partial charge in [-0.05, 0) is 63.9 Å². The minimum Gasteiger partial charge on any atom is -0.490 e. The zero-order valence-corrected chi connectivity index (χ0v) is 18.6. The molecule has 0 radical (unpaired) electrons. The molecule has 0 saturated heterocycles. The summed E-state index contributed by atoms with van der Waals surface area (Å²) in [6.45, 7) is 3.37. The first-order valence-corrected chi connectivity index (χ1v) is 9.81. The summed E-state index contributed by atoms with van der Waals surface area (Å²) >= 11 is 6.59. The first-order chi connectivity index (χ1) is 13.2. The average Bonchev–Trinajstić information content (AvgIpc) is 2.98. The van der Waals surface area contributed by atoms with E-state index in [0.717, 1.165) is 4.47 Å². The lowest BCUT2D eigenvalue weighted by atomic mass is 10.1. The Hall–Kier alpha value is -2.33. The van der Waals surface area contributed by atoms with Gasteiger partial charge < -0.3 is 25.1 Å². The summed E-state index contributed by atoms with van der Waals surface area (Å²) in [5.74, 6) is -1.13. The molecule has 0 unspecified atom stereocenters. The molecular weight excluding hydrogens is 498 g/mol. The van der Waals surface area contributed by atoms with Crippen LogP contribution in [-0.2, 0) is 9.53 Å². The summed E-state index contributed by atoms with van der Waals surface area (Å²) in [6.07, 6.45) is -0.201. The first-order valence-electron chi connectivity index (χ1n) is 8.22. The van der Waals surface area contributed by atoms with Crippen molar-refractivity contribution >= 4 is 55.3 Å². The summed E-state index contributed by atoms with van der Waals surface area (Å²) < 4.78 is 11.6. The van der Waals surface area contributed by atoms with Gasteiger partial charge in [0.2, 0.25) is 0 Å². The van der Waals surface area contributed by atoms with Crippen LogP contribution in [0.4, 0.5) is 5.69 Å². The maximum Gasteiger partial charge on any atom is 0.325 e. The summed E-state index contributed by atoms with van der Waals surface area (Å²) in [7, 11) is 1.24. The van der Waals surface area contributed by atoms with Gasteiger partial charge in [0, 0.05) is 11.8 Å². The molecule has 10 heteroatoms.